The summed E-state index contributed by atoms with van der Waals surface area (Å²) in [6.45, 7) is 0. The molecule has 16 heavy (non-hydrogen) atoms. The molecule has 6 heteroatoms. The van der Waals surface area contributed by atoms with Gasteiger partial charge in [0.15, 0.2) is 0 Å². The molecular formula is C10H10BrNO3S. The number of aromatic hydroxyl groups is 1. The smallest absolute Gasteiger partial charge is 0.321 e. The highest BCUT2D eigenvalue weighted by Crippen LogP contribution is 2.38. The van der Waals surface area contributed by atoms with Gasteiger partial charge in [-0.05, 0) is 18.2 Å². The molecule has 0 radical (unpaired) electrons. The molecule has 2 atom stereocenters. The summed E-state index contributed by atoms with van der Waals surface area (Å²) in [5, 5.41) is 21.3. The molecule has 0 bridgehead atoms. The van der Waals surface area contributed by atoms with Gasteiger partial charge in [-0.2, -0.15) is 0 Å². The summed E-state index contributed by atoms with van der Waals surface area (Å²) in [4.78, 5) is 10.8. The van der Waals surface area contributed by atoms with Crippen LogP contribution in [-0.2, 0) is 4.79 Å². The number of benzene rings is 1. The fourth-order valence-corrected chi connectivity index (χ4v) is 3.16. The van der Waals surface area contributed by atoms with Crippen molar-refractivity contribution in [1.29, 1.82) is 0 Å². The lowest BCUT2D eigenvalue weighted by atomic mass is 10.2. The molecule has 0 aromatic heterocycles. The topological polar surface area (TPSA) is 69.6 Å². The zero-order valence-electron chi connectivity index (χ0n) is 8.18. The molecule has 1 aliphatic rings. The molecular weight excluding hydrogens is 294 g/mol. The fraction of sp³-hybridized carbons (Fsp3) is 0.300. The quantitative estimate of drug-likeness (QED) is 0.779. The molecule has 1 aromatic carbocycles. The maximum absolute atomic E-state index is 10.8. The number of nitrogens with one attached hydrogen (secondary N) is 1. The van der Waals surface area contributed by atoms with E-state index in [1.807, 2.05) is 0 Å². The molecule has 1 heterocycles. The molecule has 1 saturated heterocycles. The molecule has 0 amide bonds. The van der Waals surface area contributed by atoms with Gasteiger partial charge in [-0.1, -0.05) is 15.9 Å². The van der Waals surface area contributed by atoms with Crippen LogP contribution in [0.2, 0.25) is 0 Å². The number of hydrogen-bond acceptors (Lipinski definition) is 4. The highest BCUT2D eigenvalue weighted by molar-refractivity contribution is 9.10. The summed E-state index contributed by atoms with van der Waals surface area (Å²) in [7, 11) is 0. The molecule has 3 N–H and O–H groups in total. The van der Waals surface area contributed by atoms with Gasteiger partial charge in [0.2, 0.25) is 0 Å². The van der Waals surface area contributed by atoms with Gasteiger partial charge < -0.3 is 10.2 Å². The fourth-order valence-electron chi connectivity index (χ4n) is 1.53. The van der Waals surface area contributed by atoms with Gasteiger partial charge in [0.25, 0.3) is 0 Å². The number of carboxylic acids is 1. The minimum atomic E-state index is -0.857. The van der Waals surface area contributed by atoms with E-state index in [4.69, 9.17) is 5.11 Å². The Balaban J connectivity index is 2.20. The van der Waals surface area contributed by atoms with Crippen molar-refractivity contribution in [2.24, 2.45) is 0 Å². The molecule has 0 saturated carbocycles. The van der Waals surface area contributed by atoms with Crippen LogP contribution in [0.15, 0.2) is 22.7 Å². The number of phenols is 1. The van der Waals surface area contributed by atoms with Gasteiger partial charge >= 0.3 is 5.97 Å². The number of carbonyl (C=O) groups is 1. The molecule has 0 aliphatic carbocycles. The third-order valence-corrected chi connectivity index (χ3v) is 4.09. The third-order valence-electron chi connectivity index (χ3n) is 2.35. The Bertz CT molecular complexity index is 427. The van der Waals surface area contributed by atoms with Crippen molar-refractivity contribution in [2.75, 3.05) is 5.75 Å². The summed E-state index contributed by atoms with van der Waals surface area (Å²) >= 11 is 4.80. The van der Waals surface area contributed by atoms with E-state index >= 15 is 0 Å². The zero-order valence-corrected chi connectivity index (χ0v) is 10.6. The lowest BCUT2D eigenvalue weighted by Crippen LogP contribution is -2.33. The van der Waals surface area contributed by atoms with Crippen LogP contribution >= 0.6 is 27.7 Å². The summed E-state index contributed by atoms with van der Waals surface area (Å²) < 4.78 is 0.862. The van der Waals surface area contributed by atoms with Crippen molar-refractivity contribution in [3.05, 3.63) is 28.2 Å². The third kappa shape index (κ3) is 2.34. The van der Waals surface area contributed by atoms with E-state index in [0.29, 0.717) is 11.3 Å². The predicted molar refractivity (Wildman–Crippen MR) is 65.6 cm³/mol. The highest BCUT2D eigenvalue weighted by Gasteiger charge is 2.31. The SMILES string of the molecule is O=C(O)[C@@H]1CS[C@@H](c2cc(Br)ccc2O)N1. The van der Waals surface area contributed by atoms with Crippen molar-refractivity contribution < 1.29 is 15.0 Å². The van der Waals surface area contributed by atoms with Crippen LogP contribution in [0, 0.1) is 0 Å². The first-order valence-corrected chi connectivity index (χ1v) is 6.51. The maximum Gasteiger partial charge on any atom is 0.321 e. The summed E-state index contributed by atoms with van der Waals surface area (Å²) in [6.07, 6.45) is 0. The summed E-state index contributed by atoms with van der Waals surface area (Å²) in [5.41, 5.74) is 0.711. The molecule has 0 unspecified atom stereocenters. The Labute approximate surface area is 105 Å². The molecule has 1 fully saturated rings. The van der Waals surface area contributed by atoms with E-state index in [2.05, 4.69) is 21.2 Å². The molecule has 4 nitrogen and oxygen atoms in total. The Morgan fingerprint density at radius 2 is 2.31 bits per heavy atom. The minimum Gasteiger partial charge on any atom is -0.508 e. The van der Waals surface area contributed by atoms with E-state index in [1.54, 1.807) is 18.2 Å². The van der Waals surface area contributed by atoms with Gasteiger partial charge in [-0.25, -0.2) is 0 Å². The molecule has 2 rings (SSSR count). The second-order valence-corrected chi connectivity index (χ2v) is 5.53. The predicted octanol–water partition coefficient (Wildman–Crippen LogP) is 1.94. The largest absolute Gasteiger partial charge is 0.508 e. The Hall–Kier alpha value is -0.720. The first-order chi connectivity index (χ1) is 7.58. The van der Waals surface area contributed by atoms with Gasteiger partial charge in [0.05, 0.1) is 5.37 Å². The zero-order chi connectivity index (χ0) is 11.7. The van der Waals surface area contributed by atoms with Crippen molar-refractivity contribution in [3.63, 3.8) is 0 Å². The van der Waals surface area contributed by atoms with Crippen LogP contribution in [0.25, 0.3) is 0 Å². The summed E-state index contributed by atoms with van der Waals surface area (Å²) in [6, 6.07) is 4.58. The molecule has 86 valence electrons. The first kappa shape index (κ1) is 11.8. The van der Waals surface area contributed by atoms with Gasteiger partial charge in [0, 0.05) is 15.8 Å². The summed E-state index contributed by atoms with van der Waals surface area (Å²) in [5.74, 6) is -0.171. The standard InChI is InChI=1S/C10H10BrNO3S/c11-5-1-2-8(13)6(3-5)9-12-7(4-16-9)10(14)15/h1-3,7,9,12-13H,4H2,(H,14,15)/t7-,9-/m0/s1. The number of rotatable bonds is 2. The minimum absolute atomic E-state index is 0.168. The normalized spacial score (nSPS) is 24.6. The van der Waals surface area contributed by atoms with E-state index in [9.17, 15) is 9.90 Å². The number of halogens is 1. The van der Waals surface area contributed by atoms with Crippen molar-refractivity contribution in [3.8, 4) is 5.75 Å². The van der Waals surface area contributed by atoms with Crippen molar-refractivity contribution in [2.45, 2.75) is 11.4 Å². The maximum atomic E-state index is 10.8. The number of hydrogen-bond donors (Lipinski definition) is 3. The van der Waals surface area contributed by atoms with E-state index in [-0.39, 0.29) is 11.1 Å². The monoisotopic (exact) mass is 303 g/mol. The Kier molecular flexibility index (Phi) is 3.41. The van der Waals surface area contributed by atoms with Crippen LogP contribution in [-0.4, -0.2) is 28.0 Å². The number of carboxylic acid groups (broad SMARTS) is 1. The number of phenolic OH excluding ortho intramolecular Hbond substituents is 1. The van der Waals surface area contributed by atoms with Crippen LogP contribution in [0.5, 0.6) is 5.75 Å². The van der Waals surface area contributed by atoms with Crippen LogP contribution in [0.3, 0.4) is 0 Å². The van der Waals surface area contributed by atoms with Gasteiger partial charge in [-0.15, -0.1) is 11.8 Å². The van der Waals surface area contributed by atoms with E-state index < -0.39 is 12.0 Å². The molecule has 0 spiro atoms. The van der Waals surface area contributed by atoms with E-state index in [0.717, 1.165) is 4.47 Å². The molecule has 1 aliphatic heterocycles. The Morgan fingerprint density at radius 3 is 2.94 bits per heavy atom. The Morgan fingerprint density at radius 1 is 1.56 bits per heavy atom. The lowest BCUT2D eigenvalue weighted by molar-refractivity contribution is -0.138. The van der Waals surface area contributed by atoms with Gasteiger partial charge in [0.1, 0.15) is 11.8 Å². The second-order valence-electron chi connectivity index (χ2n) is 3.47. The van der Waals surface area contributed by atoms with Gasteiger partial charge in [-0.3, -0.25) is 10.1 Å². The van der Waals surface area contributed by atoms with E-state index in [1.165, 1.54) is 11.8 Å². The second kappa shape index (κ2) is 4.65. The van der Waals surface area contributed by atoms with Crippen LogP contribution < -0.4 is 5.32 Å². The number of aliphatic carboxylic acids is 1. The van der Waals surface area contributed by atoms with Crippen LogP contribution in [0.4, 0.5) is 0 Å². The number of thioether (sulfide) groups is 1. The van der Waals surface area contributed by atoms with Crippen molar-refractivity contribution in [1.82, 2.24) is 5.32 Å². The highest BCUT2D eigenvalue weighted by atomic mass is 79.9. The average Bonchev–Trinajstić information content (AvgIpc) is 2.70. The lowest BCUT2D eigenvalue weighted by Gasteiger charge is -2.13. The molecule has 1 aromatic rings. The average molecular weight is 304 g/mol. The van der Waals surface area contributed by atoms with Crippen LogP contribution in [0.1, 0.15) is 10.9 Å². The first-order valence-electron chi connectivity index (χ1n) is 4.67. The van der Waals surface area contributed by atoms with Crippen molar-refractivity contribution >= 4 is 33.7 Å².